The van der Waals surface area contributed by atoms with Crippen molar-refractivity contribution in [1.82, 2.24) is 5.32 Å². The molecule has 33 heavy (non-hydrogen) atoms. The number of hydrogen-bond donors (Lipinski definition) is 1. The van der Waals surface area contributed by atoms with Crippen molar-refractivity contribution in [3.63, 3.8) is 0 Å². The third kappa shape index (κ3) is 5.83. The van der Waals surface area contributed by atoms with E-state index < -0.39 is 0 Å². The highest BCUT2D eigenvalue weighted by atomic mass is 79.9. The maximum atomic E-state index is 13.1. The number of rotatable bonds is 6. The van der Waals surface area contributed by atoms with Crippen molar-refractivity contribution >= 4 is 50.5 Å². The van der Waals surface area contributed by atoms with Gasteiger partial charge in [-0.05, 0) is 72.3 Å². The number of amides is 1. The van der Waals surface area contributed by atoms with E-state index >= 15 is 0 Å². The lowest BCUT2D eigenvalue weighted by molar-refractivity contribution is -0.115. The maximum Gasteiger partial charge on any atom is 0.264 e. The Labute approximate surface area is 203 Å². The highest BCUT2D eigenvalue weighted by molar-refractivity contribution is 9.10. The fourth-order valence-corrected chi connectivity index (χ4v) is 4.30. The van der Waals surface area contributed by atoms with Gasteiger partial charge < -0.3 is 14.8 Å². The molecular weight excluding hydrogens is 507 g/mol. The predicted octanol–water partition coefficient (Wildman–Crippen LogP) is 6.38. The Morgan fingerprint density at radius 1 is 1.09 bits per heavy atom. The van der Waals surface area contributed by atoms with E-state index in [9.17, 15) is 9.18 Å². The molecule has 5 nitrogen and oxygen atoms in total. The first-order valence-corrected chi connectivity index (χ1v) is 11.6. The Morgan fingerprint density at radius 2 is 1.82 bits per heavy atom. The van der Waals surface area contributed by atoms with Crippen molar-refractivity contribution in [2.24, 2.45) is 4.99 Å². The molecule has 0 unspecified atom stereocenters. The van der Waals surface area contributed by atoms with E-state index in [0.29, 0.717) is 33.9 Å². The van der Waals surface area contributed by atoms with E-state index in [2.05, 4.69) is 26.2 Å². The second-order valence-electron chi connectivity index (χ2n) is 7.26. The van der Waals surface area contributed by atoms with Crippen molar-refractivity contribution < 1.29 is 18.7 Å². The third-order valence-electron chi connectivity index (χ3n) is 4.79. The van der Waals surface area contributed by atoms with Crippen LogP contribution in [0.15, 0.2) is 75.0 Å². The van der Waals surface area contributed by atoms with Gasteiger partial charge in [-0.3, -0.25) is 4.79 Å². The first-order valence-electron chi connectivity index (χ1n) is 10.0. The smallest absolute Gasteiger partial charge is 0.264 e. The molecule has 1 saturated heterocycles. The van der Waals surface area contributed by atoms with E-state index in [0.717, 1.165) is 15.6 Å². The number of nitrogens with one attached hydrogen (secondary N) is 1. The van der Waals surface area contributed by atoms with Crippen LogP contribution in [0.25, 0.3) is 6.08 Å². The number of carbonyl (C=O) groups excluding carboxylic acids is 1. The van der Waals surface area contributed by atoms with Crippen LogP contribution in [0.1, 0.15) is 16.7 Å². The number of thioether (sulfide) groups is 1. The first-order chi connectivity index (χ1) is 15.9. The minimum absolute atomic E-state index is 0.258. The number of aliphatic imine (C=N–C) groups is 1. The number of hydrogen-bond acceptors (Lipinski definition) is 5. The van der Waals surface area contributed by atoms with Crippen LogP contribution in [-0.2, 0) is 11.4 Å². The molecule has 1 N–H and O–H groups in total. The zero-order valence-corrected chi connectivity index (χ0v) is 20.3. The fraction of sp³-hybridized carbons (Fsp3) is 0.120. The normalized spacial score (nSPS) is 15.7. The summed E-state index contributed by atoms with van der Waals surface area (Å²) in [5, 5.41) is 3.16. The van der Waals surface area contributed by atoms with Gasteiger partial charge in [0.2, 0.25) is 0 Å². The van der Waals surface area contributed by atoms with Crippen LogP contribution < -0.4 is 14.8 Å². The number of carbonyl (C=O) groups is 1. The van der Waals surface area contributed by atoms with Gasteiger partial charge in [0.15, 0.2) is 16.7 Å². The van der Waals surface area contributed by atoms with Crippen molar-refractivity contribution in [3.05, 3.63) is 92.5 Å². The number of aryl methyl sites for hydroxylation is 1. The van der Waals surface area contributed by atoms with Gasteiger partial charge in [0.05, 0.1) is 17.7 Å². The standard InChI is InChI=1S/C25H20BrFN2O3S/c1-15-3-5-16(6-4-15)14-32-22-13-20(26)17(11-21(22)31-2)12-23-24(30)29-25(33-23)28-19-9-7-18(27)8-10-19/h3-13H,14H2,1-2H3,(H,28,29,30)/b23-12+. The van der Waals surface area contributed by atoms with Gasteiger partial charge in [-0.2, -0.15) is 0 Å². The predicted molar refractivity (Wildman–Crippen MR) is 133 cm³/mol. The monoisotopic (exact) mass is 526 g/mol. The molecule has 0 aromatic heterocycles. The zero-order chi connectivity index (χ0) is 23.4. The maximum absolute atomic E-state index is 13.1. The van der Waals surface area contributed by atoms with Crippen molar-refractivity contribution in [2.45, 2.75) is 13.5 Å². The molecule has 0 radical (unpaired) electrons. The number of methoxy groups -OCH3 is 1. The Balaban J connectivity index is 1.53. The summed E-state index contributed by atoms with van der Waals surface area (Å²) in [4.78, 5) is 17.3. The average molecular weight is 527 g/mol. The molecule has 168 valence electrons. The number of benzene rings is 3. The third-order valence-corrected chi connectivity index (χ3v) is 6.39. The molecule has 0 atom stereocenters. The highest BCUT2D eigenvalue weighted by Crippen LogP contribution is 2.37. The van der Waals surface area contributed by atoms with Gasteiger partial charge in [0, 0.05) is 4.47 Å². The van der Waals surface area contributed by atoms with E-state index in [1.807, 2.05) is 43.3 Å². The van der Waals surface area contributed by atoms with Crippen LogP contribution in [0.4, 0.5) is 10.1 Å². The molecule has 0 spiro atoms. The number of nitrogens with zero attached hydrogens (tertiary/aromatic N) is 1. The largest absolute Gasteiger partial charge is 0.493 e. The van der Waals surface area contributed by atoms with Crippen LogP contribution >= 0.6 is 27.7 Å². The van der Waals surface area contributed by atoms with Crippen LogP contribution in [0, 0.1) is 12.7 Å². The summed E-state index contributed by atoms with van der Waals surface area (Å²) in [5.74, 6) is 0.550. The number of ether oxygens (including phenoxy) is 2. The van der Waals surface area contributed by atoms with Gasteiger partial charge in [-0.25, -0.2) is 9.38 Å². The zero-order valence-electron chi connectivity index (χ0n) is 17.9. The Kier molecular flexibility index (Phi) is 7.15. The van der Waals surface area contributed by atoms with Crippen LogP contribution in [0.2, 0.25) is 0 Å². The molecule has 0 bridgehead atoms. The Morgan fingerprint density at radius 3 is 2.52 bits per heavy atom. The van der Waals surface area contributed by atoms with Crippen molar-refractivity contribution in [3.8, 4) is 11.5 Å². The molecular formula is C25H20BrFN2O3S. The fourth-order valence-electron chi connectivity index (χ4n) is 3.03. The molecule has 8 heteroatoms. The molecule has 1 amide bonds. The van der Waals surface area contributed by atoms with E-state index in [1.165, 1.54) is 29.5 Å². The Bertz CT molecular complexity index is 1240. The lowest BCUT2D eigenvalue weighted by Crippen LogP contribution is -2.19. The lowest BCUT2D eigenvalue weighted by Gasteiger charge is -2.13. The Hall–Kier alpha value is -3.10. The minimum Gasteiger partial charge on any atom is -0.493 e. The first kappa shape index (κ1) is 23.1. The van der Waals surface area contributed by atoms with Gasteiger partial charge >= 0.3 is 0 Å². The molecule has 0 saturated carbocycles. The summed E-state index contributed by atoms with van der Waals surface area (Å²) in [7, 11) is 1.57. The van der Waals surface area contributed by atoms with E-state index in [-0.39, 0.29) is 11.7 Å². The summed E-state index contributed by atoms with van der Waals surface area (Å²) < 4.78 is 25.3. The average Bonchev–Trinajstić information content (AvgIpc) is 3.14. The molecule has 1 fully saturated rings. The molecule has 3 aromatic rings. The van der Waals surface area contributed by atoms with Crippen molar-refractivity contribution in [2.75, 3.05) is 7.11 Å². The highest BCUT2D eigenvalue weighted by Gasteiger charge is 2.24. The summed E-state index contributed by atoms with van der Waals surface area (Å²) in [5.41, 5.74) is 3.56. The quantitative estimate of drug-likeness (QED) is 0.378. The van der Waals surface area contributed by atoms with E-state index in [1.54, 1.807) is 25.3 Å². The summed E-state index contributed by atoms with van der Waals surface area (Å²) >= 11 is 4.77. The lowest BCUT2D eigenvalue weighted by atomic mass is 10.1. The molecule has 4 rings (SSSR count). The number of halogens is 2. The minimum atomic E-state index is -0.340. The van der Waals surface area contributed by atoms with Crippen molar-refractivity contribution in [1.29, 1.82) is 0 Å². The van der Waals surface area contributed by atoms with Crippen LogP contribution in [0.3, 0.4) is 0 Å². The topological polar surface area (TPSA) is 59.9 Å². The van der Waals surface area contributed by atoms with E-state index in [4.69, 9.17) is 9.47 Å². The van der Waals surface area contributed by atoms with Gasteiger partial charge in [0.1, 0.15) is 12.4 Å². The van der Waals surface area contributed by atoms with Gasteiger partial charge in [0.25, 0.3) is 5.91 Å². The second kappa shape index (κ2) is 10.2. The molecule has 1 heterocycles. The molecule has 3 aromatic carbocycles. The molecule has 1 aliphatic rings. The molecule has 0 aliphatic carbocycles. The van der Waals surface area contributed by atoms with Gasteiger partial charge in [-0.15, -0.1) is 0 Å². The number of amidine groups is 1. The van der Waals surface area contributed by atoms with Gasteiger partial charge in [-0.1, -0.05) is 45.8 Å². The SMILES string of the molecule is COc1cc(/C=C2/SC(=Nc3ccc(F)cc3)NC2=O)c(Br)cc1OCc1ccc(C)cc1. The second-order valence-corrected chi connectivity index (χ2v) is 9.14. The van der Waals surface area contributed by atoms with Crippen LogP contribution in [-0.4, -0.2) is 18.2 Å². The molecule has 1 aliphatic heterocycles. The summed E-state index contributed by atoms with van der Waals surface area (Å²) in [6.07, 6.45) is 1.75. The van der Waals surface area contributed by atoms with Crippen LogP contribution in [0.5, 0.6) is 11.5 Å². The summed E-state index contributed by atoms with van der Waals surface area (Å²) in [6.45, 7) is 2.45. The summed E-state index contributed by atoms with van der Waals surface area (Å²) in [6, 6.07) is 17.5.